The lowest BCUT2D eigenvalue weighted by Crippen LogP contribution is -2.47. The summed E-state index contributed by atoms with van der Waals surface area (Å²) in [5.74, 6) is 3.40. The second-order valence-electron chi connectivity index (χ2n) is 11.3. The second-order valence-corrected chi connectivity index (χ2v) is 11.3. The third kappa shape index (κ3) is 4.94. The second kappa shape index (κ2) is 12.1. The summed E-state index contributed by atoms with van der Waals surface area (Å²) in [7, 11) is 7.78. The molecule has 0 unspecified atom stereocenters. The van der Waals surface area contributed by atoms with E-state index >= 15 is 0 Å². The summed E-state index contributed by atoms with van der Waals surface area (Å²) in [6, 6.07) is 12.9. The van der Waals surface area contributed by atoms with Gasteiger partial charge in [-0.15, -0.1) is 0 Å². The van der Waals surface area contributed by atoms with Gasteiger partial charge in [0.1, 0.15) is 11.5 Å². The molecule has 0 aromatic heterocycles. The summed E-state index contributed by atoms with van der Waals surface area (Å²) in [6.07, 6.45) is -2.59. The van der Waals surface area contributed by atoms with E-state index in [0.29, 0.717) is 46.7 Å². The maximum absolute atomic E-state index is 12.0. The van der Waals surface area contributed by atoms with Gasteiger partial charge in [-0.1, -0.05) is 12.1 Å². The van der Waals surface area contributed by atoms with Crippen molar-refractivity contribution in [1.82, 2.24) is 0 Å². The van der Waals surface area contributed by atoms with Crippen LogP contribution in [0, 0.1) is 5.92 Å². The predicted octanol–water partition coefficient (Wildman–Crippen LogP) is 3.83. The number of ether oxygens (including phenoxy) is 12. The van der Waals surface area contributed by atoms with Crippen molar-refractivity contribution in [2.45, 2.75) is 30.2 Å². The highest BCUT2D eigenvalue weighted by Gasteiger charge is 2.61. The van der Waals surface area contributed by atoms with Gasteiger partial charge in [0.25, 0.3) is 0 Å². The van der Waals surface area contributed by atoms with Gasteiger partial charge >= 0.3 is 0 Å². The van der Waals surface area contributed by atoms with Crippen molar-refractivity contribution in [3.05, 3.63) is 53.6 Å². The Balaban J connectivity index is 1.16. The van der Waals surface area contributed by atoms with E-state index in [-0.39, 0.29) is 31.5 Å². The van der Waals surface area contributed by atoms with Crippen molar-refractivity contribution in [1.29, 1.82) is 0 Å². The Kier molecular flexibility index (Phi) is 8.01. The van der Waals surface area contributed by atoms with Crippen LogP contribution in [0.5, 0.6) is 51.7 Å². The molecule has 46 heavy (non-hydrogen) atoms. The normalized spacial score (nSPS) is 27.2. The molecule has 13 nitrogen and oxygen atoms in total. The smallest absolute Gasteiger partial charge is 0.232 e. The van der Waals surface area contributed by atoms with Gasteiger partial charge < -0.3 is 61.9 Å². The minimum absolute atomic E-state index is 0.0332. The lowest BCUT2D eigenvalue weighted by molar-refractivity contribution is -0.153. The summed E-state index contributed by atoms with van der Waals surface area (Å²) in [6.45, 7) is 0.404. The van der Waals surface area contributed by atoms with Crippen LogP contribution in [-0.2, 0) is 14.2 Å². The van der Waals surface area contributed by atoms with Crippen LogP contribution in [0.2, 0.25) is 0 Å². The van der Waals surface area contributed by atoms with E-state index in [1.165, 1.54) is 14.2 Å². The fraction of sp³-hybridized carbons (Fsp3) is 0.455. The number of benzene rings is 3. The first-order valence-corrected chi connectivity index (χ1v) is 14.8. The van der Waals surface area contributed by atoms with Gasteiger partial charge in [-0.2, -0.15) is 0 Å². The van der Waals surface area contributed by atoms with Gasteiger partial charge in [-0.25, -0.2) is 0 Å². The minimum atomic E-state index is -1.52. The predicted molar refractivity (Wildman–Crippen MR) is 159 cm³/mol. The van der Waals surface area contributed by atoms with Crippen LogP contribution >= 0.6 is 0 Å². The zero-order valence-electron chi connectivity index (χ0n) is 26.1. The molecule has 4 heterocycles. The van der Waals surface area contributed by atoms with E-state index in [2.05, 4.69) is 0 Å². The first kappa shape index (κ1) is 30.4. The molecule has 13 heteroatoms. The van der Waals surface area contributed by atoms with Crippen LogP contribution < -0.4 is 42.6 Å². The van der Waals surface area contributed by atoms with Crippen molar-refractivity contribution in [3.8, 4) is 51.7 Å². The molecular formula is C33H36O13. The topological polar surface area (TPSA) is 131 Å². The average Bonchev–Trinajstić information content (AvgIpc) is 3.77. The average molecular weight is 641 g/mol. The molecule has 6 atom stereocenters. The molecule has 0 spiro atoms. The molecule has 4 aliphatic heterocycles. The highest BCUT2D eigenvalue weighted by molar-refractivity contribution is 5.66. The maximum atomic E-state index is 12.0. The maximum Gasteiger partial charge on any atom is 0.232 e. The zero-order chi connectivity index (χ0) is 32.0. The third-order valence-electron chi connectivity index (χ3n) is 8.77. The summed E-state index contributed by atoms with van der Waals surface area (Å²) in [5, 5.41) is 12.0. The Labute approximate surface area is 265 Å². The summed E-state index contributed by atoms with van der Waals surface area (Å²) in [4.78, 5) is 0. The Morgan fingerprint density at radius 2 is 1.54 bits per heavy atom. The minimum Gasteiger partial charge on any atom is -0.497 e. The number of rotatable bonds is 10. The molecule has 7 rings (SSSR count). The molecule has 3 aromatic rings. The van der Waals surface area contributed by atoms with E-state index < -0.39 is 36.1 Å². The number of hydrogen-bond donors (Lipinski definition) is 1. The Morgan fingerprint density at radius 3 is 2.26 bits per heavy atom. The number of hydrogen-bond acceptors (Lipinski definition) is 13. The van der Waals surface area contributed by atoms with Gasteiger partial charge in [0.15, 0.2) is 40.8 Å². The molecule has 2 saturated heterocycles. The van der Waals surface area contributed by atoms with Crippen LogP contribution in [0.25, 0.3) is 0 Å². The largest absolute Gasteiger partial charge is 0.497 e. The molecule has 4 aliphatic rings. The standard InChI is InChI=1S/C33H36O13/c1-35-14-26-27(17-6-8-18(36-2)9-7-17)45-23-11-21(37-3)19(10-22(23)44-26)28-20-13-40-32(33(20,34)15-41-28)46-30-24(38-4)12-25-29(31(30)39-5)43-16-42-25/h6-12,20,26-28,32,34H,13-16H2,1-5H3/t20-,26-,27-,28-,32-,33-/m1/s1. The summed E-state index contributed by atoms with van der Waals surface area (Å²) >= 11 is 0. The van der Waals surface area contributed by atoms with Gasteiger partial charge in [0.05, 0.1) is 60.3 Å². The van der Waals surface area contributed by atoms with Crippen LogP contribution in [0.1, 0.15) is 23.3 Å². The zero-order valence-corrected chi connectivity index (χ0v) is 26.1. The highest BCUT2D eigenvalue weighted by atomic mass is 16.7. The number of fused-ring (bicyclic) bond motifs is 3. The Morgan fingerprint density at radius 1 is 0.783 bits per heavy atom. The Bertz CT molecular complexity index is 1580. The molecule has 0 saturated carbocycles. The molecule has 1 N–H and O–H groups in total. The summed E-state index contributed by atoms with van der Waals surface area (Å²) in [5.41, 5.74) is 0.0610. The fourth-order valence-corrected chi connectivity index (χ4v) is 6.43. The van der Waals surface area contributed by atoms with Crippen LogP contribution in [0.4, 0.5) is 0 Å². The molecule has 0 radical (unpaired) electrons. The lowest BCUT2D eigenvalue weighted by Gasteiger charge is -2.35. The van der Waals surface area contributed by atoms with E-state index in [1.54, 1.807) is 33.5 Å². The van der Waals surface area contributed by atoms with E-state index in [0.717, 1.165) is 11.3 Å². The molecular weight excluding hydrogens is 604 g/mol. The van der Waals surface area contributed by atoms with Crippen molar-refractivity contribution < 1.29 is 61.9 Å². The first-order valence-electron chi connectivity index (χ1n) is 14.8. The highest BCUT2D eigenvalue weighted by Crippen LogP contribution is 2.56. The summed E-state index contributed by atoms with van der Waals surface area (Å²) < 4.78 is 70.3. The number of methoxy groups -OCH3 is 5. The van der Waals surface area contributed by atoms with E-state index in [1.807, 2.05) is 30.3 Å². The quantitative estimate of drug-likeness (QED) is 0.345. The van der Waals surface area contributed by atoms with E-state index in [9.17, 15) is 5.11 Å². The van der Waals surface area contributed by atoms with Crippen molar-refractivity contribution in [2.24, 2.45) is 5.92 Å². The van der Waals surface area contributed by atoms with Gasteiger partial charge in [-0.05, 0) is 23.8 Å². The Hall–Kier alpha value is -4.30. The van der Waals surface area contributed by atoms with Crippen LogP contribution in [0.3, 0.4) is 0 Å². The third-order valence-corrected chi connectivity index (χ3v) is 8.77. The molecule has 2 fully saturated rings. The van der Waals surface area contributed by atoms with Crippen LogP contribution in [-0.4, -0.2) is 85.3 Å². The van der Waals surface area contributed by atoms with E-state index in [4.69, 9.17) is 56.8 Å². The lowest BCUT2D eigenvalue weighted by atomic mass is 9.85. The van der Waals surface area contributed by atoms with Gasteiger partial charge in [0.2, 0.25) is 30.3 Å². The van der Waals surface area contributed by atoms with Gasteiger partial charge in [0, 0.05) is 24.8 Å². The fourth-order valence-electron chi connectivity index (χ4n) is 6.43. The molecule has 0 bridgehead atoms. The molecule has 0 aliphatic carbocycles. The van der Waals surface area contributed by atoms with Crippen LogP contribution in [0.15, 0.2) is 42.5 Å². The van der Waals surface area contributed by atoms with Crippen molar-refractivity contribution in [2.75, 3.05) is 62.2 Å². The SMILES string of the molecule is COC[C@H]1Oc2cc([C@H]3OC[C@]4(O)[C@@H](Oc5c(OC)cc6c(c5OC)OCO6)OC[C@H]34)c(OC)cc2O[C@@H]1c1ccc(OC)cc1. The molecule has 246 valence electrons. The monoisotopic (exact) mass is 640 g/mol. The van der Waals surface area contributed by atoms with Gasteiger partial charge in [-0.3, -0.25) is 0 Å². The molecule has 3 aromatic carbocycles. The van der Waals surface area contributed by atoms with Crippen molar-refractivity contribution >= 4 is 0 Å². The first-order chi connectivity index (χ1) is 22.4. The van der Waals surface area contributed by atoms with Crippen molar-refractivity contribution in [3.63, 3.8) is 0 Å². The molecule has 0 amide bonds. The number of aliphatic hydroxyl groups is 1.